The van der Waals surface area contributed by atoms with Crippen molar-refractivity contribution in [1.29, 1.82) is 0 Å². The summed E-state index contributed by atoms with van der Waals surface area (Å²) in [5.74, 6) is -1.30. The van der Waals surface area contributed by atoms with Gasteiger partial charge in [-0.1, -0.05) is 0 Å². The Morgan fingerprint density at radius 2 is 1.82 bits per heavy atom. The fraction of sp³-hybridized carbons (Fsp3) is 0.476. The normalized spacial score (nSPS) is 14.9. The second-order valence-corrected chi connectivity index (χ2v) is 8.16. The molecule has 0 spiro atoms. The van der Waals surface area contributed by atoms with E-state index in [4.69, 9.17) is 4.74 Å². The lowest BCUT2D eigenvalue weighted by Crippen LogP contribution is -2.46. The monoisotopic (exact) mass is 387 g/mol. The minimum absolute atomic E-state index is 0.231. The molecule has 1 atom stereocenters. The first-order chi connectivity index (χ1) is 13.2. The molecule has 3 rings (SSSR count). The van der Waals surface area contributed by atoms with Gasteiger partial charge in [-0.05, 0) is 77.6 Å². The molecule has 1 aliphatic rings. The zero-order chi connectivity index (χ0) is 20.5. The molecule has 7 heteroatoms. The predicted molar refractivity (Wildman–Crippen MR) is 103 cm³/mol. The van der Waals surface area contributed by atoms with E-state index in [9.17, 15) is 14.0 Å². The Balaban J connectivity index is 1.86. The molecule has 1 aromatic heterocycles. The first kappa shape index (κ1) is 20.0. The lowest BCUT2D eigenvalue weighted by molar-refractivity contribution is -0.130. The number of carbonyl (C=O) groups is 2. The number of aromatic nitrogens is 2. The molecule has 150 valence electrons. The van der Waals surface area contributed by atoms with Crippen molar-refractivity contribution in [1.82, 2.24) is 15.1 Å². The van der Waals surface area contributed by atoms with Gasteiger partial charge in [0.05, 0.1) is 5.69 Å². The molecule has 1 heterocycles. The maximum absolute atomic E-state index is 13.3. The highest BCUT2D eigenvalue weighted by Crippen LogP contribution is 2.27. The molecule has 0 aliphatic heterocycles. The largest absolute Gasteiger partial charge is 0.448 e. The van der Waals surface area contributed by atoms with Gasteiger partial charge in [0.25, 0.3) is 5.91 Å². The first-order valence-electron chi connectivity index (χ1n) is 9.55. The summed E-state index contributed by atoms with van der Waals surface area (Å²) < 4.78 is 20.3. The van der Waals surface area contributed by atoms with Gasteiger partial charge in [0, 0.05) is 16.8 Å². The maximum Gasteiger partial charge on any atom is 0.359 e. The van der Waals surface area contributed by atoms with Gasteiger partial charge >= 0.3 is 5.97 Å². The molecule has 0 radical (unpaired) electrons. The van der Waals surface area contributed by atoms with Crippen molar-refractivity contribution >= 4 is 11.9 Å². The summed E-state index contributed by atoms with van der Waals surface area (Å²) >= 11 is 0. The molecule has 1 aliphatic carbocycles. The van der Waals surface area contributed by atoms with Crippen molar-refractivity contribution in [2.75, 3.05) is 0 Å². The Morgan fingerprint density at radius 3 is 2.46 bits per heavy atom. The van der Waals surface area contributed by atoms with Crippen molar-refractivity contribution in [2.45, 2.75) is 65.0 Å². The number of amides is 1. The number of nitrogens with zero attached hydrogens (tertiary/aromatic N) is 2. The molecule has 1 amide bonds. The van der Waals surface area contributed by atoms with E-state index in [1.54, 1.807) is 23.7 Å². The number of ether oxygens (including phenoxy) is 1. The van der Waals surface area contributed by atoms with E-state index in [0.717, 1.165) is 36.9 Å². The number of rotatable bonds is 4. The molecule has 1 unspecified atom stereocenters. The highest BCUT2D eigenvalue weighted by Gasteiger charge is 2.29. The third-order valence-corrected chi connectivity index (χ3v) is 4.60. The van der Waals surface area contributed by atoms with Gasteiger partial charge in [-0.15, -0.1) is 0 Å². The lowest BCUT2D eigenvalue weighted by Gasteiger charge is -2.23. The van der Waals surface area contributed by atoms with Gasteiger partial charge in [-0.25, -0.2) is 13.9 Å². The fourth-order valence-electron chi connectivity index (χ4n) is 3.30. The number of fused-ring (bicyclic) bond motifs is 1. The minimum atomic E-state index is -0.929. The molecule has 0 saturated heterocycles. The van der Waals surface area contributed by atoms with Crippen LogP contribution in [0.2, 0.25) is 0 Å². The quantitative estimate of drug-likeness (QED) is 0.817. The van der Waals surface area contributed by atoms with Crippen LogP contribution in [-0.2, 0) is 22.4 Å². The van der Waals surface area contributed by atoms with E-state index in [1.165, 1.54) is 12.1 Å². The third-order valence-electron chi connectivity index (χ3n) is 4.60. The van der Waals surface area contributed by atoms with Gasteiger partial charge in [0.2, 0.25) is 0 Å². The molecule has 1 aromatic carbocycles. The smallest absolute Gasteiger partial charge is 0.359 e. The van der Waals surface area contributed by atoms with Gasteiger partial charge in [-0.3, -0.25) is 4.79 Å². The summed E-state index contributed by atoms with van der Waals surface area (Å²) in [6.45, 7) is 7.13. The average Bonchev–Trinajstić information content (AvgIpc) is 3.01. The van der Waals surface area contributed by atoms with Gasteiger partial charge in [0.1, 0.15) is 5.82 Å². The van der Waals surface area contributed by atoms with Crippen LogP contribution in [0.1, 0.15) is 62.3 Å². The molecule has 2 aromatic rings. The fourth-order valence-corrected chi connectivity index (χ4v) is 3.30. The summed E-state index contributed by atoms with van der Waals surface area (Å²) in [7, 11) is 0. The number of nitrogens with one attached hydrogen (secondary N) is 1. The van der Waals surface area contributed by atoms with E-state index >= 15 is 0 Å². The molecule has 0 saturated carbocycles. The molecular formula is C21H26FN3O3. The number of carbonyl (C=O) groups excluding carboxylic acids is 2. The zero-order valence-electron chi connectivity index (χ0n) is 16.7. The SMILES string of the molecule is CC(OC(=O)c1nn(-c2ccc(F)cc2)c2c1CCCC2)C(=O)NC(C)(C)C. The van der Waals surface area contributed by atoms with Crippen LogP contribution in [0.25, 0.3) is 5.69 Å². The van der Waals surface area contributed by atoms with Crippen molar-refractivity contribution in [3.63, 3.8) is 0 Å². The summed E-state index contributed by atoms with van der Waals surface area (Å²) in [6.07, 6.45) is 2.54. The standard InChI is InChI=1S/C21H26FN3O3/c1-13(19(26)23-21(2,3)4)28-20(27)18-16-7-5-6-8-17(16)25(24-18)15-11-9-14(22)10-12-15/h9-13H,5-8H2,1-4H3,(H,23,26). The lowest BCUT2D eigenvalue weighted by atomic mass is 9.95. The van der Waals surface area contributed by atoms with Crippen LogP contribution in [0.5, 0.6) is 0 Å². The third kappa shape index (κ3) is 4.40. The summed E-state index contributed by atoms with van der Waals surface area (Å²) in [5, 5.41) is 7.26. The molecule has 0 fully saturated rings. The Hall–Kier alpha value is -2.70. The summed E-state index contributed by atoms with van der Waals surface area (Å²) in [5.41, 5.74) is 2.30. The Morgan fingerprint density at radius 1 is 1.18 bits per heavy atom. The van der Waals surface area contributed by atoms with Crippen LogP contribution < -0.4 is 5.32 Å². The van der Waals surface area contributed by atoms with Gasteiger partial charge in [0.15, 0.2) is 11.8 Å². The van der Waals surface area contributed by atoms with Crippen molar-refractivity contribution < 1.29 is 18.7 Å². The number of benzene rings is 1. The highest BCUT2D eigenvalue weighted by atomic mass is 19.1. The van der Waals surface area contributed by atoms with Crippen molar-refractivity contribution in [2.24, 2.45) is 0 Å². The summed E-state index contributed by atoms with van der Waals surface area (Å²) in [4.78, 5) is 25.0. The molecule has 28 heavy (non-hydrogen) atoms. The van der Waals surface area contributed by atoms with Crippen LogP contribution >= 0.6 is 0 Å². The number of esters is 1. The van der Waals surface area contributed by atoms with Crippen LogP contribution in [0.4, 0.5) is 4.39 Å². The first-order valence-corrected chi connectivity index (χ1v) is 9.55. The topological polar surface area (TPSA) is 73.2 Å². The Labute approximate surface area is 164 Å². The van der Waals surface area contributed by atoms with Gasteiger partial charge in [-0.2, -0.15) is 5.10 Å². The summed E-state index contributed by atoms with van der Waals surface area (Å²) in [6, 6.07) is 5.99. The number of hydrogen-bond acceptors (Lipinski definition) is 4. The van der Waals surface area contributed by atoms with E-state index < -0.39 is 17.6 Å². The van der Waals surface area contributed by atoms with E-state index in [0.29, 0.717) is 5.69 Å². The van der Waals surface area contributed by atoms with Crippen LogP contribution in [-0.4, -0.2) is 33.3 Å². The molecule has 0 bridgehead atoms. The van der Waals surface area contributed by atoms with E-state index in [1.807, 2.05) is 20.8 Å². The van der Waals surface area contributed by atoms with E-state index in [-0.39, 0.29) is 17.4 Å². The van der Waals surface area contributed by atoms with E-state index in [2.05, 4.69) is 10.4 Å². The maximum atomic E-state index is 13.3. The highest BCUT2D eigenvalue weighted by molar-refractivity contribution is 5.92. The molecule has 1 N–H and O–H groups in total. The number of hydrogen-bond donors (Lipinski definition) is 1. The predicted octanol–water partition coefficient (Wildman–Crippen LogP) is 3.35. The average molecular weight is 387 g/mol. The Bertz CT molecular complexity index is 882. The van der Waals surface area contributed by atoms with Gasteiger partial charge < -0.3 is 10.1 Å². The second kappa shape index (κ2) is 7.73. The molecular weight excluding hydrogens is 361 g/mol. The second-order valence-electron chi connectivity index (χ2n) is 8.16. The molecule has 6 nitrogen and oxygen atoms in total. The zero-order valence-corrected chi connectivity index (χ0v) is 16.7. The van der Waals surface area contributed by atoms with Crippen LogP contribution in [0.3, 0.4) is 0 Å². The minimum Gasteiger partial charge on any atom is -0.448 e. The van der Waals surface area contributed by atoms with Crippen molar-refractivity contribution in [3.8, 4) is 5.69 Å². The van der Waals surface area contributed by atoms with Crippen LogP contribution in [0, 0.1) is 5.82 Å². The van der Waals surface area contributed by atoms with Crippen molar-refractivity contribution in [3.05, 3.63) is 47.0 Å². The number of halogens is 1. The van der Waals surface area contributed by atoms with Crippen LogP contribution in [0.15, 0.2) is 24.3 Å². The Kier molecular flexibility index (Phi) is 5.54.